The molecule has 0 bridgehead atoms. The maximum Gasteiger partial charge on any atom is 0.119 e. The Morgan fingerprint density at radius 1 is 0.917 bits per heavy atom. The monoisotopic (exact) mass is 330 g/mol. The SMILES string of the molecule is CC(C)(O)C(O)Cc1cc(/C=C/c2cc(O)cc(O)c2)ccc1O. The molecule has 2 aromatic carbocycles. The summed E-state index contributed by atoms with van der Waals surface area (Å²) in [7, 11) is 0. The van der Waals surface area contributed by atoms with Crippen molar-refractivity contribution in [1.82, 2.24) is 0 Å². The van der Waals surface area contributed by atoms with E-state index in [4.69, 9.17) is 0 Å². The van der Waals surface area contributed by atoms with Gasteiger partial charge in [0.25, 0.3) is 0 Å². The molecule has 128 valence electrons. The summed E-state index contributed by atoms with van der Waals surface area (Å²) in [6.07, 6.45) is 2.57. The number of aliphatic hydroxyl groups excluding tert-OH is 1. The van der Waals surface area contributed by atoms with Crippen molar-refractivity contribution in [3.05, 3.63) is 53.1 Å². The first kappa shape index (κ1) is 17.8. The Morgan fingerprint density at radius 3 is 2.08 bits per heavy atom. The summed E-state index contributed by atoms with van der Waals surface area (Å²) < 4.78 is 0. The second-order valence-corrected chi connectivity index (χ2v) is 6.38. The summed E-state index contributed by atoms with van der Waals surface area (Å²) in [6.45, 7) is 3.01. The molecular formula is C19H22O5. The van der Waals surface area contributed by atoms with E-state index in [1.165, 1.54) is 38.1 Å². The first-order valence-corrected chi connectivity index (χ1v) is 7.58. The lowest BCUT2D eigenvalue weighted by Crippen LogP contribution is -2.37. The molecule has 0 aliphatic carbocycles. The number of rotatable bonds is 5. The van der Waals surface area contributed by atoms with Crippen molar-refractivity contribution in [3.63, 3.8) is 0 Å². The van der Waals surface area contributed by atoms with Crippen LogP contribution in [0, 0.1) is 0 Å². The van der Waals surface area contributed by atoms with Gasteiger partial charge in [-0.1, -0.05) is 18.2 Å². The highest BCUT2D eigenvalue weighted by Crippen LogP contribution is 2.25. The fraction of sp³-hybridized carbons (Fsp3) is 0.263. The summed E-state index contributed by atoms with van der Waals surface area (Å²) >= 11 is 0. The molecule has 2 rings (SSSR count). The quantitative estimate of drug-likeness (QED) is 0.543. The van der Waals surface area contributed by atoms with Gasteiger partial charge in [0, 0.05) is 12.5 Å². The van der Waals surface area contributed by atoms with Crippen molar-refractivity contribution in [3.8, 4) is 17.2 Å². The minimum atomic E-state index is -1.27. The molecule has 0 aliphatic heterocycles. The van der Waals surface area contributed by atoms with Gasteiger partial charge >= 0.3 is 0 Å². The van der Waals surface area contributed by atoms with Gasteiger partial charge in [-0.25, -0.2) is 0 Å². The Hall–Kier alpha value is -2.50. The summed E-state index contributed by atoms with van der Waals surface area (Å²) in [5, 5.41) is 48.7. The fourth-order valence-corrected chi connectivity index (χ4v) is 2.24. The summed E-state index contributed by atoms with van der Waals surface area (Å²) in [5.41, 5.74) is 0.648. The van der Waals surface area contributed by atoms with Crippen LogP contribution in [-0.2, 0) is 6.42 Å². The number of aliphatic hydroxyl groups is 2. The van der Waals surface area contributed by atoms with Gasteiger partial charge in [-0.2, -0.15) is 0 Å². The van der Waals surface area contributed by atoms with Gasteiger partial charge in [0.05, 0.1) is 11.7 Å². The zero-order chi connectivity index (χ0) is 17.9. The maximum absolute atomic E-state index is 9.99. The van der Waals surface area contributed by atoms with Crippen molar-refractivity contribution in [2.45, 2.75) is 32.0 Å². The minimum Gasteiger partial charge on any atom is -0.508 e. The molecular weight excluding hydrogens is 308 g/mol. The molecule has 5 heteroatoms. The van der Waals surface area contributed by atoms with Crippen LogP contribution in [0.5, 0.6) is 17.2 Å². The summed E-state index contributed by atoms with van der Waals surface area (Å²) in [4.78, 5) is 0. The molecule has 24 heavy (non-hydrogen) atoms. The van der Waals surface area contributed by atoms with Crippen molar-refractivity contribution >= 4 is 12.2 Å². The van der Waals surface area contributed by atoms with E-state index in [-0.39, 0.29) is 23.7 Å². The second kappa shape index (κ2) is 6.95. The lowest BCUT2D eigenvalue weighted by molar-refractivity contribution is -0.0471. The molecule has 0 radical (unpaired) electrons. The number of hydrogen-bond donors (Lipinski definition) is 5. The molecule has 0 saturated heterocycles. The minimum absolute atomic E-state index is 0.0330. The van der Waals surface area contributed by atoms with Gasteiger partial charge in [-0.05, 0) is 54.8 Å². The van der Waals surface area contributed by atoms with Crippen LogP contribution in [0.3, 0.4) is 0 Å². The summed E-state index contributed by atoms with van der Waals surface area (Å²) in [5.74, 6) is -0.0193. The molecule has 5 N–H and O–H groups in total. The highest BCUT2D eigenvalue weighted by Gasteiger charge is 2.25. The van der Waals surface area contributed by atoms with Crippen molar-refractivity contribution in [2.24, 2.45) is 0 Å². The Morgan fingerprint density at radius 2 is 1.50 bits per heavy atom. The first-order chi connectivity index (χ1) is 11.1. The number of aromatic hydroxyl groups is 3. The molecule has 0 aromatic heterocycles. The highest BCUT2D eigenvalue weighted by atomic mass is 16.3. The maximum atomic E-state index is 9.99. The highest BCUT2D eigenvalue weighted by molar-refractivity contribution is 5.71. The van der Waals surface area contributed by atoms with E-state index in [2.05, 4.69) is 0 Å². The van der Waals surface area contributed by atoms with Gasteiger partial charge in [-0.3, -0.25) is 0 Å². The van der Waals surface area contributed by atoms with E-state index in [1.807, 2.05) is 0 Å². The third kappa shape index (κ3) is 4.75. The lowest BCUT2D eigenvalue weighted by Gasteiger charge is -2.24. The number of benzene rings is 2. The van der Waals surface area contributed by atoms with Gasteiger partial charge in [-0.15, -0.1) is 0 Å². The number of phenolic OH excluding ortho intramolecular Hbond substituents is 3. The van der Waals surface area contributed by atoms with Crippen LogP contribution < -0.4 is 0 Å². The second-order valence-electron chi connectivity index (χ2n) is 6.38. The molecule has 5 nitrogen and oxygen atoms in total. The lowest BCUT2D eigenvalue weighted by atomic mass is 9.94. The Labute approximate surface area is 140 Å². The van der Waals surface area contributed by atoms with Crippen LogP contribution in [0.4, 0.5) is 0 Å². The van der Waals surface area contributed by atoms with Crippen LogP contribution in [0.2, 0.25) is 0 Å². The molecule has 1 unspecified atom stereocenters. The largest absolute Gasteiger partial charge is 0.508 e. The van der Waals surface area contributed by atoms with Gasteiger partial charge < -0.3 is 25.5 Å². The van der Waals surface area contributed by atoms with E-state index in [9.17, 15) is 25.5 Å². The van der Waals surface area contributed by atoms with Crippen LogP contribution in [0.15, 0.2) is 36.4 Å². The Bertz CT molecular complexity index is 724. The fourth-order valence-electron chi connectivity index (χ4n) is 2.24. The predicted molar refractivity (Wildman–Crippen MR) is 92.8 cm³/mol. The summed E-state index contributed by atoms with van der Waals surface area (Å²) in [6, 6.07) is 9.20. The van der Waals surface area contributed by atoms with Crippen LogP contribution in [0.25, 0.3) is 12.2 Å². The Kier molecular flexibility index (Phi) is 5.17. The number of hydrogen-bond acceptors (Lipinski definition) is 5. The van der Waals surface area contributed by atoms with Crippen molar-refractivity contribution in [2.75, 3.05) is 0 Å². The van der Waals surface area contributed by atoms with E-state index >= 15 is 0 Å². The third-order valence-corrected chi connectivity index (χ3v) is 3.73. The average molecular weight is 330 g/mol. The molecule has 0 fully saturated rings. The molecule has 0 amide bonds. The van der Waals surface area contributed by atoms with E-state index in [0.29, 0.717) is 11.1 Å². The van der Waals surface area contributed by atoms with E-state index in [1.54, 1.807) is 24.3 Å². The van der Waals surface area contributed by atoms with Crippen LogP contribution in [0.1, 0.15) is 30.5 Å². The van der Waals surface area contributed by atoms with Crippen LogP contribution >= 0.6 is 0 Å². The van der Waals surface area contributed by atoms with Crippen molar-refractivity contribution < 1.29 is 25.5 Å². The molecule has 0 heterocycles. The van der Waals surface area contributed by atoms with E-state index in [0.717, 1.165) is 5.56 Å². The standard InChI is InChI=1S/C19H22O5/c1-19(2,24)18(23)10-14-7-12(5-6-17(14)22)3-4-13-8-15(20)11-16(21)9-13/h3-9,11,18,20-24H,10H2,1-2H3/b4-3+. The van der Waals surface area contributed by atoms with Crippen LogP contribution in [-0.4, -0.2) is 37.2 Å². The zero-order valence-electron chi connectivity index (χ0n) is 13.6. The van der Waals surface area contributed by atoms with Gasteiger partial charge in [0.1, 0.15) is 17.2 Å². The first-order valence-electron chi connectivity index (χ1n) is 7.58. The van der Waals surface area contributed by atoms with Crippen molar-refractivity contribution in [1.29, 1.82) is 0 Å². The van der Waals surface area contributed by atoms with E-state index < -0.39 is 11.7 Å². The third-order valence-electron chi connectivity index (χ3n) is 3.73. The smallest absolute Gasteiger partial charge is 0.119 e. The topological polar surface area (TPSA) is 101 Å². The Balaban J connectivity index is 2.23. The van der Waals surface area contributed by atoms with Gasteiger partial charge in [0.15, 0.2) is 0 Å². The molecule has 2 aromatic rings. The van der Waals surface area contributed by atoms with Gasteiger partial charge in [0.2, 0.25) is 0 Å². The molecule has 0 spiro atoms. The number of phenols is 3. The predicted octanol–water partition coefficient (Wildman–Crippen LogP) is 2.65. The molecule has 0 aliphatic rings. The average Bonchev–Trinajstić information content (AvgIpc) is 2.46. The molecule has 0 saturated carbocycles. The zero-order valence-corrected chi connectivity index (χ0v) is 13.6. The molecule has 1 atom stereocenters. The normalized spacial score (nSPS) is 13.3.